The van der Waals surface area contributed by atoms with Gasteiger partial charge in [-0.25, -0.2) is 13.4 Å². The van der Waals surface area contributed by atoms with E-state index in [0.717, 1.165) is 12.0 Å². The van der Waals surface area contributed by atoms with E-state index in [1.54, 1.807) is 30.9 Å². The third kappa shape index (κ3) is 14.3. The minimum Gasteiger partial charge on any atom is -0.379 e. The number of guanidine groups is 1. The number of Topliss-reactive ketones (excluding diaryl/α,β-unsaturated/α-hetero) is 1. The van der Waals surface area contributed by atoms with Gasteiger partial charge in [-0.2, -0.15) is 0 Å². The van der Waals surface area contributed by atoms with Gasteiger partial charge in [0.05, 0.1) is 36.5 Å². The van der Waals surface area contributed by atoms with Gasteiger partial charge in [-0.05, 0) is 49.6 Å². The van der Waals surface area contributed by atoms with Crippen molar-refractivity contribution in [3.05, 3.63) is 35.9 Å². The van der Waals surface area contributed by atoms with Crippen molar-refractivity contribution in [2.75, 3.05) is 68.3 Å². The fourth-order valence-electron chi connectivity index (χ4n) is 7.94. The maximum absolute atomic E-state index is 14.3. The van der Waals surface area contributed by atoms with Gasteiger partial charge in [0.2, 0.25) is 27.7 Å². The number of aliphatic imine (C=N–C) groups is 1. The van der Waals surface area contributed by atoms with E-state index in [0.29, 0.717) is 25.3 Å². The molecule has 330 valence electrons. The third-order valence-electron chi connectivity index (χ3n) is 11.3. The zero-order chi connectivity index (χ0) is 43.9. The molecule has 0 unspecified atom stereocenters. The Balaban J connectivity index is 2.35. The smallest absolute Gasteiger partial charge is 0.247 e. The minimum atomic E-state index is -3.94. The van der Waals surface area contributed by atoms with E-state index in [9.17, 15) is 27.6 Å². The lowest BCUT2D eigenvalue weighted by Gasteiger charge is -2.40. The number of nitrogens with one attached hydrogen (secondary N) is 1. The van der Waals surface area contributed by atoms with Crippen molar-refractivity contribution < 1.29 is 37.1 Å². The first-order valence-corrected chi connectivity index (χ1v) is 22.2. The number of hydrogen-bond donors (Lipinski definition) is 2. The molecule has 1 aromatic rings. The summed E-state index contributed by atoms with van der Waals surface area (Å²) in [7, 11) is 8.44. The molecule has 1 aliphatic heterocycles. The van der Waals surface area contributed by atoms with Crippen LogP contribution in [0.1, 0.15) is 78.7 Å². The van der Waals surface area contributed by atoms with Crippen LogP contribution in [0, 0.1) is 23.7 Å². The first-order chi connectivity index (χ1) is 27.2. The number of likely N-dealkylation sites (N-methyl/N-ethyl adjacent to an activating group) is 1. The molecule has 1 saturated heterocycles. The van der Waals surface area contributed by atoms with Gasteiger partial charge in [-0.1, -0.05) is 71.4 Å². The maximum Gasteiger partial charge on any atom is 0.247 e. The van der Waals surface area contributed by atoms with E-state index < -0.39 is 58.1 Å². The number of nitrogens with zero attached hydrogens (tertiary/aromatic N) is 5. The number of rotatable bonds is 23. The lowest BCUT2D eigenvalue weighted by molar-refractivity contribution is -0.146. The van der Waals surface area contributed by atoms with Gasteiger partial charge in [-0.3, -0.25) is 23.9 Å². The Kier molecular flexibility index (Phi) is 20.8. The van der Waals surface area contributed by atoms with Crippen LogP contribution in [0.4, 0.5) is 0 Å². The van der Waals surface area contributed by atoms with Crippen molar-refractivity contribution in [2.24, 2.45) is 34.4 Å². The predicted octanol–water partition coefficient (Wildman–Crippen LogP) is 3.02. The van der Waals surface area contributed by atoms with Crippen LogP contribution in [0.25, 0.3) is 0 Å². The highest BCUT2D eigenvalue weighted by Crippen LogP contribution is 2.31. The second kappa shape index (κ2) is 23.9. The average molecular weight is 836 g/mol. The molecular formula is C42H73N7O8S. The Morgan fingerprint density at radius 2 is 1.59 bits per heavy atom. The summed E-state index contributed by atoms with van der Waals surface area (Å²) in [5.41, 5.74) is 6.28. The molecular weight excluding hydrogens is 763 g/mol. The Labute approximate surface area is 348 Å². The zero-order valence-electron chi connectivity index (χ0n) is 37.1. The number of ether oxygens (including phenoxy) is 2. The molecule has 0 radical (unpaired) electrons. The van der Waals surface area contributed by atoms with E-state index >= 15 is 0 Å². The molecule has 1 heterocycles. The summed E-state index contributed by atoms with van der Waals surface area (Å²) < 4.78 is 39.5. The van der Waals surface area contributed by atoms with E-state index in [1.807, 2.05) is 89.1 Å². The first-order valence-electron chi connectivity index (χ1n) is 20.6. The summed E-state index contributed by atoms with van der Waals surface area (Å²) in [6.45, 7) is 10.4. The van der Waals surface area contributed by atoms with Gasteiger partial charge in [0.25, 0.3) is 0 Å². The van der Waals surface area contributed by atoms with Crippen molar-refractivity contribution in [1.29, 1.82) is 0 Å². The molecule has 58 heavy (non-hydrogen) atoms. The Morgan fingerprint density at radius 3 is 2.10 bits per heavy atom. The van der Waals surface area contributed by atoms with Gasteiger partial charge in [0.15, 0.2) is 5.96 Å². The number of amides is 3. The molecule has 0 aliphatic carbocycles. The van der Waals surface area contributed by atoms with Crippen LogP contribution in [0.2, 0.25) is 0 Å². The van der Waals surface area contributed by atoms with Gasteiger partial charge in [0.1, 0.15) is 11.8 Å². The Hall–Kier alpha value is -3.60. The van der Waals surface area contributed by atoms with Crippen molar-refractivity contribution in [1.82, 2.24) is 24.3 Å². The summed E-state index contributed by atoms with van der Waals surface area (Å²) in [6.07, 6.45) is 0.875. The number of carbonyl (C=O) groups is 4. The highest BCUT2D eigenvalue weighted by Gasteiger charge is 2.43. The van der Waals surface area contributed by atoms with E-state index in [-0.39, 0.29) is 67.4 Å². The predicted molar refractivity (Wildman–Crippen MR) is 228 cm³/mol. The van der Waals surface area contributed by atoms with Crippen LogP contribution in [0.5, 0.6) is 0 Å². The largest absolute Gasteiger partial charge is 0.379 e. The fourth-order valence-corrected chi connectivity index (χ4v) is 9.06. The maximum atomic E-state index is 14.3. The highest BCUT2D eigenvalue weighted by molar-refractivity contribution is 7.90. The van der Waals surface area contributed by atoms with Crippen LogP contribution in [-0.4, -0.2) is 156 Å². The molecule has 0 bridgehead atoms. The van der Waals surface area contributed by atoms with Gasteiger partial charge >= 0.3 is 0 Å². The zero-order valence-corrected chi connectivity index (χ0v) is 38.0. The minimum absolute atomic E-state index is 0.00655. The number of sulfonamides is 1. The van der Waals surface area contributed by atoms with Crippen molar-refractivity contribution in [3.63, 3.8) is 0 Å². The molecule has 0 saturated carbocycles. The van der Waals surface area contributed by atoms with Gasteiger partial charge in [0, 0.05) is 74.3 Å². The molecule has 1 aliphatic rings. The van der Waals surface area contributed by atoms with Crippen molar-refractivity contribution in [2.45, 2.75) is 110 Å². The molecule has 15 nitrogen and oxygen atoms in total. The molecule has 0 spiro atoms. The van der Waals surface area contributed by atoms with Crippen LogP contribution >= 0.6 is 0 Å². The molecule has 1 fully saturated rings. The lowest BCUT2D eigenvalue weighted by Crippen LogP contribution is -2.55. The molecule has 1 aromatic carbocycles. The summed E-state index contributed by atoms with van der Waals surface area (Å²) in [6, 6.07) is 7.61. The van der Waals surface area contributed by atoms with Crippen LogP contribution in [0.15, 0.2) is 35.3 Å². The lowest BCUT2D eigenvalue weighted by atomic mass is 9.85. The van der Waals surface area contributed by atoms with Crippen LogP contribution in [-0.2, 0) is 45.1 Å². The molecule has 3 N–H and O–H groups in total. The van der Waals surface area contributed by atoms with Gasteiger partial charge < -0.3 is 34.8 Å². The number of nitrogens with two attached hydrogens (primary N) is 1. The summed E-state index contributed by atoms with van der Waals surface area (Å²) in [5, 5.41) is 0. The second-order valence-electron chi connectivity index (χ2n) is 16.5. The number of methoxy groups -OCH3 is 2. The van der Waals surface area contributed by atoms with E-state index in [4.69, 9.17) is 20.2 Å². The number of likely N-dealkylation sites (tertiary alicyclic amines) is 1. The normalized spacial score (nSPS) is 18.0. The molecule has 2 rings (SSSR count). The average Bonchev–Trinajstić information content (AvgIpc) is 3.66. The molecule has 8 atom stereocenters. The molecule has 3 amide bonds. The van der Waals surface area contributed by atoms with E-state index in [2.05, 4.69) is 11.6 Å². The highest BCUT2D eigenvalue weighted by atomic mass is 32.2. The SMILES string of the molecule is CC[C@H](C)[C@@H]([C@@H](CC(=O)N1CCC[C@H]1[C@H](OC)[C@@H](C)C(=O)C[C@@H](Cc1ccccc1)C(=O)NS(=O)(=O)CCCN)OC)N(C)C(=O)[C@@H](N=C(N(C)C)N(C)C)C(C)C. The first kappa shape index (κ1) is 50.5. The standard InChI is InChI=1S/C42H73N7O8S/c1-13-29(4)38(48(10)41(53)37(28(2)3)44-42(46(6)7)47(8)9)35(56-11)27-36(51)49-23-17-21-33(49)39(57-12)30(5)34(50)26-32(25-31-19-15-14-16-20-31)40(52)45-58(54,55)24-18-22-43/h14-16,19-20,28-30,32-33,35,37-39H,13,17-18,21-27,43H2,1-12H3,(H,45,52)/t29-,30-,32+,33-,35+,37-,38-,39+/m0/s1. The quantitative estimate of drug-likeness (QED) is 0.122. The number of hydrogen-bond acceptors (Lipinski definition) is 10. The van der Waals surface area contributed by atoms with Gasteiger partial charge in [-0.15, -0.1) is 0 Å². The van der Waals surface area contributed by atoms with Crippen molar-refractivity contribution >= 4 is 39.5 Å². The van der Waals surface area contributed by atoms with Crippen LogP contribution in [0.3, 0.4) is 0 Å². The Morgan fingerprint density at radius 1 is 0.966 bits per heavy atom. The topological polar surface area (TPSA) is 184 Å². The molecule has 16 heteroatoms. The number of benzene rings is 1. The summed E-state index contributed by atoms with van der Waals surface area (Å²) in [5.74, 6) is -2.77. The summed E-state index contributed by atoms with van der Waals surface area (Å²) >= 11 is 0. The molecule has 0 aromatic heterocycles. The Bertz CT molecular complexity index is 1600. The van der Waals surface area contributed by atoms with E-state index in [1.165, 1.54) is 7.11 Å². The number of carbonyl (C=O) groups excluding carboxylic acids is 4. The second-order valence-corrected chi connectivity index (χ2v) is 18.3. The van der Waals surface area contributed by atoms with Crippen LogP contribution < -0.4 is 10.5 Å². The summed E-state index contributed by atoms with van der Waals surface area (Å²) in [4.78, 5) is 68.1. The van der Waals surface area contributed by atoms with Crippen molar-refractivity contribution in [3.8, 4) is 0 Å². The fraction of sp³-hybridized carbons (Fsp3) is 0.738. The monoisotopic (exact) mass is 836 g/mol. The number of ketones is 1. The third-order valence-corrected chi connectivity index (χ3v) is 12.6.